The molecule has 0 spiro atoms. The molecule has 0 atom stereocenters. The van der Waals surface area contributed by atoms with Gasteiger partial charge in [0.2, 0.25) is 0 Å². The van der Waals surface area contributed by atoms with Crippen molar-refractivity contribution in [1.29, 1.82) is 0 Å². The van der Waals surface area contributed by atoms with Crippen LogP contribution < -0.4 is 0 Å². The molecule has 16 heavy (non-hydrogen) atoms. The van der Waals surface area contributed by atoms with Crippen LogP contribution in [0.1, 0.15) is 30.0 Å². The van der Waals surface area contributed by atoms with Crippen molar-refractivity contribution in [2.45, 2.75) is 32.2 Å². The molecule has 0 fully saturated rings. The van der Waals surface area contributed by atoms with Crippen molar-refractivity contribution < 1.29 is 8.78 Å². The minimum absolute atomic E-state index is 0.173. The molecule has 1 heterocycles. The Morgan fingerprint density at radius 3 is 2.81 bits per heavy atom. The average molecular weight is 225 g/mol. The average Bonchev–Trinajstić information content (AvgIpc) is 2.15. The number of benzene rings is 1. The first kappa shape index (κ1) is 11.5. The Balaban J connectivity index is 2.39. The van der Waals surface area contributed by atoms with E-state index in [9.17, 15) is 8.78 Å². The minimum Gasteiger partial charge on any atom is -0.296 e. The highest BCUT2D eigenvalue weighted by atomic mass is 19.3. The Kier molecular flexibility index (Phi) is 2.98. The van der Waals surface area contributed by atoms with Crippen LogP contribution in [-0.4, -0.2) is 18.5 Å². The van der Waals surface area contributed by atoms with Gasteiger partial charge in [0, 0.05) is 12.1 Å². The van der Waals surface area contributed by atoms with Gasteiger partial charge < -0.3 is 0 Å². The number of halogens is 2. The fraction of sp³-hybridized carbons (Fsp3) is 0.538. The van der Waals surface area contributed by atoms with E-state index in [1.807, 2.05) is 12.1 Å². The quantitative estimate of drug-likeness (QED) is 0.747. The Hall–Kier alpha value is -0.960. The van der Waals surface area contributed by atoms with Crippen molar-refractivity contribution in [2.24, 2.45) is 0 Å². The smallest absolute Gasteiger partial charge is 0.285 e. The molecule has 0 aromatic heterocycles. The number of hydrogen-bond donors (Lipinski definition) is 0. The molecule has 0 radical (unpaired) electrons. The van der Waals surface area contributed by atoms with Crippen LogP contribution in [0.15, 0.2) is 18.2 Å². The summed E-state index contributed by atoms with van der Waals surface area (Å²) in [4.78, 5) is 1.68. The van der Waals surface area contributed by atoms with E-state index in [0.29, 0.717) is 6.54 Å². The summed E-state index contributed by atoms with van der Waals surface area (Å²) in [5.74, 6) is -2.70. The molecule has 1 aromatic carbocycles. The molecule has 1 aliphatic rings. The van der Waals surface area contributed by atoms with Crippen LogP contribution in [-0.2, 0) is 18.9 Å². The van der Waals surface area contributed by atoms with Gasteiger partial charge >= 0.3 is 0 Å². The molecule has 1 nitrogen and oxygen atoms in total. The van der Waals surface area contributed by atoms with Gasteiger partial charge in [0.25, 0.3) is 5.92 Å². The van der Waals surface area contributed by atoms with Crippen molar-refractivity contribution in [1.82, 2.24) is 4.90 Å². The maximum atomic E-state index is 13.7. The van der Waals surface area contributed by atoms with Gasteiger partial charge in [0.15, 0.2) is 0 Å². The van der Waals surface area contributed by atoms with Crippen LogP contribution in [0, 0.1) is 0 Å². The lowest BCUT2D eigenvalue weighted by Crippen LogP contribution is -2.38. The Labute approximate surface area is 95.1 Å². The number of fused-ring (bicyclic) bond motifs is 1. The van der Waals surface area contributed by atoms with Crippen LogP contribution in [0.3, 0.4) is 0 Å². The number of rotatable bonds is 2. The first-order chi connectivity index (χ1) is 7.53. The van der Waals surface area contributed by atoms with Gasteiger partial charge in [-0.2, -0.15) is 8.78 Å². The van der Waals surface area contributed by atoms with E-state index in [1.165, 1.54) is 0 Å². The Morgan fingerprint density at radius 2 is 2.12 bits per heavy atom. The molecule has 0 bridgehead atoms. The number of aryl methyl sites for hydroxylation is 1. The Morgan fingerprint density at radius 1 is 1.38 bits per heavy atom. The van der Waals surface area contributed by atoms with Gasteiger partial charge in [-0.3, -0.25) is 4.90 Å². The summed E-state index contributed by atoms with van der Waals surface area (Å²) < 4.78 is 27.4. The summed E-state index contributed by atoms with van der Waals surface area (Å²) in [5, 5.41) is 0. The van der Waals surface area contributed by atoms with Gasteiger partial charge in [-0.15, -0.1) is 0 Å². The van der Waals surface area contributed by atoms with E-state index < -0.39 is 5.92 Å². The Bertz CT molecular complexity index is 388. The van der Waals surface area contributed by atoms with Gasteiger partial charge in [-0.1, -0.05) is 31.5 Å². The van der Waals surface area contributed by atoms with E-state index in [0.717, 1.165) is 24.0 Å². The predicted molar refractivity (Wildman–Crippen MR) is 60.7 cm³/mol. The van der Waals surface area contributed by atoms with Gasteiger partial charge in [-0.05, 0) is 24.6 Å². The maximum absolute atomic E-state index is 13.7. The van der Waals surface area contributed by atoms with E-state index in [2.05, 4.69) is 6.92 Å². The third kappa shape index (κ3) is 2.09. The van der Waals surface area contributed by atoms with Crippen LogP contribution in [0.2, 0.25) is 0 Å². The second kappa shape index (κ2) is 4.13. The molecule has 0 N–H and O–H groups in total. The van der Waals surface area contributed by atoms with Crippen molar-refractivity contribution in [3.63, 3.8) is 0 Å². The molecule has 1 aromatic rings. The van der Waals surface area contributed by atoms with Crippen molar-refractivity contribution in [3.8, 4) is 0 Å². The molecule has 0 unspecified atom stereocenters. The zero-order valence-electron chi connectivity index (χ0n) is 9.76. The van der Waals surface area contributed by atoms with Crippen LogP contribution in [0.5, 0.6) is 0 Å². The van der Waals surface area contributed by atoms with Gasteiger partial charge in [-0.25, -0.2) is 0 Å². The largest absolute Gasteiger partial charge is 0.296 e. The normalized spacial score (nSPS) is 19.5. The maximum Gasteiger partial charge on any atom is 0.285 e. The number of hydrogen-bond acceptors (Lipinski definition) is 1. The lowest BCUT2D eigenvalue weighted by Gasteiger charge is -2.32. The minimum atomic E-state index is -2.70. The molecule has 1 aliphatic heterocycles. The topological polar surface area (TPSA) is 3.24 Å². The molecule has 0 saturated heterocycles. The molecule has 88 valence electrons. The van der Waals surface area contributed by atoms with Crippen LogP contribution in [0.4, 0.5) is 8.78 Å². The molecule has 2 rings (SSSR count). The van der Waals surface area contributed by atoms with E-state index in [1.54, 1.807) is 18.0 Å². The van der Waals surface area contributed by atoms with Crippen molar-refractivity contribution in [3.05, 3.63) is 34.9 Å². The zero-order valence-corrected chi connectivity index (χ0v) is 9.76. The summed E-state index contributed by atoms with van der Waals surface area (Å²) in [6.45, 7) is 2.55. The monoisotopic (exact) mass is 225 g/mol. The highest BCUT2D eigenvalue weighted by Gasteiger charge is 2.38. The van der Waals surface area contributed by atoms with E-state index in [-0.39, 0.29) is 12.1 Å². The molecule has 0 saturated carbocycles. The van der Waals surface area contributed by atoms with E-state index in [4.69, 9.17) is 0 Å². The van der Waals surface area contributed by atoms with E-state index >= 15 is 0 Å². The molecule has 0 aliphatic carbocycles. The fourth-order valence-electron chi connectivity index (χ4n) is 2.35. The third-order valence-electron chi connectivity index (χ3n) is 3.01. The summed E-state index contributed by atoms with van der Waals surface area (Å²) in [5.41, 5.74) is 2.16. The molecular formula is C13H17F2N. The molecular weight excluding hydrogens is 208 g/mol. The number of likely N-dealkylation sites (N-methyl/N-ethyl adjacent to an activating group) is 1. The second-order valence-electron chi connectivity index (χ2n) is 4.62. The fourth-order valence-corrected chi connectivity index (χ4v) is 2.35. The molecule has 3 heteroatoms. The van der Waals surface area contributed by atoms with Gasteiger partial charge in [0.05, 0.1) is 6.54 Å². The number of alkyl halides is 2. The van der Waals surface area contributed by atoms with Crippen LogP contribution in [0.25, 0.3) is 0 Å². The van der Waals surface area contributed by atoms with Gasteiger partial charge in [0.1, 0.15) is 0 Å². The summed E-state index contributed by atoms with van der Waals surface area (Å²) >= 11 is 0. The predicted octanol–water partition coefficient (Wildman–Crippen LogP) is 3.18. The third-order valence-corrected chi connectivity index (χ3v) is 3.01. The summed E-state index contributed by atoms with van der Waals surface area (Å²) in [6.07, 6.45) is 2.01. The van der Waals surface area contributed by atoms with Crippen molar-refractivity contribution >= 4 is 0 Å². The van der Waals surface area contributed by atoms with Crippen LogP contribution >= 0.6 is 0 Å². The standard InChI is InChI=1S/C13H17F2N/c1-3-4-10-5-6-12-11(7-10)8-16(2)9-13(12,14)15/h5-7H,3-4,8-9H2,1-2H3. The highest BCUT2D eigenvalue weighted by Crippen LogP contribution is 2.36. The van der Waals surface area contributed by atoms with Crippen molar-refractivity contribution in [2.75, 3.05) is 13.6 Å². The number of nitrogens with zero attached hydrogens (tertiary/aromatic N) is 1. The first-order valence-corrected chi connectivity index (χ1v) is 5.71. The summed E-state index contributed by atoms with van der Waals surface area (Å²) in [6, 6.07) is 5.37. The second-order valence-corrected chi connectivity index (χ2v) is 4.62. The zero-order chi connectivity index (χ0) is 11.8. The molecule has 0 amide bonds. The first-order valence-electron chi connectivity index (χ1n) is 5.71. The lowest BCUT2D eigenvalue weighted by atomic mass is 9.94. The lowest BCUT2D eigenvalue weighted by molar-refractivity contribution is -0.0455. The SMILES string of the molecule is CCCc1ccc2c(c1)CN(C)CC2(F)F. The highest BCUT2D eigenvalue weighted by molar-refractivity contribution is 5.37. The summed E-state index contributed by atoms with van der Waals surface area (Å²) in [7, 11) is 1.74.